The Labute approximate surface area is 168 Å². The van der Waals surface area contributed by atoms with Gasteiger partial charge in [0.1, 0.15) is 17.6 Å². The van der Waals surface area contributed by atoms with E-state index in [2.05, 4.69) is 10.6 Å². The number of ketones is 1. The van der Waals surface area contributed by atoms with Gasteiger partial charge < -0.3 is 20.1 Å². The number of nitro benzene ring substituents is 1. The number of carbonyl (C=O) groups is 2. The SMILES string of the molecule is CC(=O)c1c(F)ccc(OCCCCCCC(=O)NC2CNCCO2)c1[N+](=O)[O-]. The predicted octanol–water partition coefficient (Wildman–Crippen LogP) is 2.33. The van der Waals surface area contributed by atoms with Crippen molar-refractivity contribution < 1.29 is 28.4 Å². The lowest BCUT2D eigenvalue weighted by Crippen LogP contribution is -2.48. The molecule has 1 aromatic rings. The number of morpholine rings is 1. The van der Waals surface area contributed by atoms with E-state index in [1.54, 1.807) is 0 Å². The largest absolute Gasteiger partial charge is 0.487 e. The molecule has 160 valence electrons. The van der Waals surface area contributed by atoms with Gasteiger partial charge in [-0.2, -0.15) is 0 Å². The van der Waals surface area contributed by atoms with Crippen LogP contribution in [0.25, 0.3) is 0 Å². The smallest absolute Gasteiger partial charge is 0.324 e. The standard InChI is InChI=1S/C19H26FN3O6/c1-13(24)18-14(20)7-8-15(19(18)23(26)27)28-10-5-3-2-4-6-16(25)22-17-12-21-9-11-29-17/h7-8,17,21H,2-6,9-12H2,1H3,(H,22,25). The Morgan fingerprint density at radius 1 is 1.34 bits per heavy atom. The Balaban J connectivity index is 1.69. The summed E-state index contributed by atoms with van der Waals surface area (Å²) < 4.78 is 24.6. The lowest BCUT2D eigenvalue weighted by molar-refractivity contribution is -0.386. The van der Waals surface area contributed by atoms with E-state index in [0.717, 1.165) is 38.4 Å². The number of nitrogens with one attached hydrogen (secondary N) is 2. The fraction of sp³-hybridized carbons (Fsp3) is 0.579. The molecule has 2 rings (SSSR count). The summed E-state index contributed by atoms with van der Waals surface area (Å²) >= 11 is 0. The number of halogens is 1. The van der Waals surface area contributed by atoms with E-state index < -0.39 is 27.8 Å². The molecule has 0 radical (unpaired) electrons. The third-order valence-corrected chi connectivity index (χ3v) is 4.43. The van der Waals surface area contributed by atoms with E-state index in [9.17, 15) is 24.1 Å². The Morgan fingerprint density at radius 3 is 2.76 bits per heavy atom. The maximum absolute atomic E-state index is 13.8. The van der Waals surface area contributed by atoms with E-state index in [1.165, 1.54) is 0 Å². The molecule has 10 heteroatoms. The average Bonchev–Trinajstić information content (AvgIpc) is 2.68. The first-order chi connectivity index (χ1) is 13.9. The molecular weight excluding hydrogens is 385 g/mol. The molecule has 0 bridgehead atoms. The van der Waals surface area contributed by atoms with Crippen molar-refractivity contribution >= 4 is 17.4 Å². The van der Waals surface area contributed by atoms with Crippen molar-refractivity contribution in [1.82, 2.24) is 10.6 Å². The molecule has 29 heavy (non-hydrogen) atoms. The lowest BCUT2D eigenvalue weighted by Gasteiger charge is -2.24. The van der Waals surface area contributed by atoms with Crippen molar-refractivity contribution in [3.05, 3.63) is 33.6 Å². The van der Waals surface area contributed by atoms with Gasteiger partial charge in [-0.3, -0.25) is 19.7 Å². The second-order valence-electron chi connectivity index (χ2n) is 6.73. The zero-order chi connectivity index (χ0) is 21.2. The summed E-state index contributed by atoms with van der Waals surface area (Å²) in [4.78, 5) is 33.8. The van der Waals surface area contributed by atoms with Crippen molar-refractivity contribution in [1.29, 1.82) is 0 Å². The van der Waals surface area contributed by atoms with Crippen molar-refractivity contribution in [2.45, 2.75) is 45.3 Å². The fourth-order valence-electron chi connectivity index (χ4n) is 3.01. The summed E-state index contributed by atoms with van der Waals surface area (Å²) in [7, 11) is 0. The maximum atomic E-state index is 13.8. The van der Waals surface area contributed by atoms with Gasteiger partial charge in [0.05, 0.1) is 18.1 Å². The number of Topliss-reactive ketones (excluding diaryl/α,β-unsaturated/α-hetero) is 1. The number of benzene rings is 1. The minimum Gasteiger partial charge on any atom is -0.487 e. The topological polar surface area (TPSA) is 120 Å². The number of carbonyl (C=O) groups excluding carboxylic acids is 2. The Morgan fingerprint density at radius 2 is 2.10 bits per heavy atom. The van der Waals surface area contributed by atoms with Gasteiger partial charge in [0, 0.05) is 19.5 Å². The zero-order valence-electron chi connectivity index (χ0n) is 16.4. The van der Waals surface area contributed by atoms with Crippen LogP contribution in [0.4, 0.5) is 10.1 Å². The Kier molecular flexibility index (Phi) is 8.94. The third kappa shape index (κ3) is 7.06. The first-order valence-electron chi connectivity index (χ1n) is 9.62. The van der Waals surface area contributed by atoms with Crippen molar-refractivity contribution in [3.8, 4) is 5.75 Å². The van der Waals surface area contributed by atoms with Gasteiger partial charge in [0.15, 0.2) is 11.5 Å². The van der Waals surface area contributed by atoms with Gasteiger partial charge in [0.2, 0.25) is 5.91 Å². The normalized spacial score (nSPS) is 16.3. The molecule has 0 aliphatic carbocycles. The van der Waals surface area contributed by atoms with Gasteiger partial charge in [-0.1, -0.05) is 12.8 Å². The van der Waals surface area contributed by atoms with E-state index >= 15 is 0 Å². The van der Waals surface area contributed by atoms with Crippen LogP contribution in [0.5, 0.6) is 5.75 Å². The minimum atomic E-state index is -0.941. The van der Waals surface area contributed by atoms with Crippen LogP contribution in [-0.2, 0) is 9.53 Å². The van der Waals surface area contributed by atoms with E-state index in [1.807, 2.05) is 0 Å². The summed E-state index contributed by atoms with van der Waals surface area (Å²) in [6.45, 7) is 3.22. The van der Waals surface area contributed by atoms with E-state index in [4.69, 9.17) is 9.47 Å². The first kappa shape index (κ1) is 22.7. The highest BCUT2D eigenvalue weighted by Gasteiger charge is 2.27. The third-order valence-electron chi connectivity index (χ3n) is 4.43. The molecule has 0 saturated carbocycles. The fourth-order valence-corrected chi connectivity index (χ4v) is 3.01. The zero-order valence-corrected chi connectivity index (χ0v) is 16.4. The van der Waals surface area contributed by atoms with Crippen LogP contribution in [0, 0.1) is 15.9 Å². The molecule has 1 aliphatic rings. The average molecular weight is 411 g/mol. The van der Waals surface area contributed by atoms with Crippen LogP contribution in [0.15, 0.2) is 12.1 Å². The Hall–Kier alpha value is -2.59. The number of rotatable bonds is 11. The van der Waals surface area contributed by atoms with Gasteiger partial charge in [0.25, 0.3) is 0 Å². The molecule has 0 aromatic heterocycles. The Bertz CT molecular complexity index is 737. The molecule has 2 N–H and O–H groups in total. The molecule has 1 fully saturated rings. The van der Waals surface area contributed by atoms with Crippen molar-refractivity contribution in [3.63, 3.8) is 0 Å². The molecule has 1 heterocycles. The highest BCUT2D eigenvalue weighted by Crippen LogP contribution is 2.33. The van der Waals surface area contributed by atoms with Crippen LogP contribution < -0.4 is 15.4 Å². The monoisotopic (exact) mass is 411 g/mol. The summed E-state index contributed by atoms with van der Waals surface area (Å²) in [5, 5.41) is 17.2. The van der Waals surface area contributed by atoms with Gasteiger partial charge in [-0.15, -0.1) is 0 Å². The molecule has 1 saturated heterocycles. The molecule has 9 nitrogen and oxygen atoms in total. The molecule has 0 spiro atoms. The number of hydrogen-bond donors (Lipinski definition) is 2. The second-order valence-corrected chi connectivity index (χ2v) is 6.73. The number of hydrogen-bond acceptors (Lipinski definition) is 7. The summed E-state index contributed by atoms with van der Waals surface area (Å²) in [5.41, 5.74) is -1.22. The summed E-state index contributed by atoms with van der Waals surface area (Å²) in [6, 6.07) is 2.15. The minimum absolute atomic E-state index is 0.0614. The number of unbranched alkanes of at least 4 members (excludes halogenated alkanes) is 3. The molecule has 1 aliphatic heterocycles. The molecular formula is C19H26FN3O6. The van der Waals surface area contributed by atoms with Crippen molar-refractivity contribution in [2.24, 2.45) is 0 Å². The number of nitrogens with zero attached hydrogens (tertiary/aromatic N) is 1. The van der Waals surface area contributed by atoms with E-state index in [-0.39, 0.29) is 24.5 Å². The quantitative estimate of drug-likeness (QED) is 0.248. The molecule has 1 aromatic carbocycles. The van der Waals surface area contributed by atoms with Crippen LogP contribution in [-0.4, -0.2) is 49.1 Å². The predicted molar refractivity (Wildman–Crippen MR) is 102 cm³/mol. The van der Waals surface area contributed by atoms with Gasteiger partial charge >= 0.3 is 5.69 Å². The molecule has 1 unspecified atom stereocenters. The molecule has 1 amide bonds. The van der Waals surface area contributed by atoms with Crippen LogP contribution in [0.3, 0.4) is 0 Å². The van der Waals surface area contributed by atoms with E-state index in [0.29, 0.717) is 32.4 Å². The van der Waals surface area contributed by atoms with Gasteiger partial charge in [-0.05, 0) is 31.9 Å². The summed E-state index contributed by atoms with van der Waals surface area (Å²) in [6.07, 6.45) is 2.99. The second kappa shape index (κ2) is 11.4. The van der Waals surface area contributed by atoms with Crippen LogP contribution >= 0.6 is 0 Å². The van der Waals surface area contributed by atoms with Crippen molar-refractivity contribution in [2.75, 3.05) is 26.3 Å². The van der Waals surface area contributed by atoms with Crippen LogP contribution in [0.1, 0.15) is 49.4 Å². The maximum Gasteiger partial charge on any atom is 0.324 e. The highest BCUT2D eigenvalue weighted by atomic mass is 19.1. The first-order valence-corrected chi connectivity index (χ1v) is 9.62. The van der Waals surface area contributed by atoms with Crippen LogP contribution in [0.2, 0.25) is 0 Å². The summed E-state index contributed by atoms with van der Waals surface area (Å²) in [5.74, 6) is -1.85. The number of nitro groups is 1. The lowest BCUT2D eigenvalue weighted by atomic mass is 10.1. The molecule has 1 atom stereocenters. The highest BCUT2D eigenvalue weighted by molar-refractivity contribution is 5.99. The number of amides is 1. The van der Waals surface area contributed by atoms with Gasteiger partial charge in [-0.25, -0.2) is 4.39 Å². The number of ether oxygens (including phenoxy) is 2.